The Morgan fingerprint density at radius 1 is 1.00 bits per heavy atom. The predicted octanol–water partition coefficient (Wildman–Crippen LogP) is 3.16. The molecule has 2 aromatic carbocycles. The molecule has 158 valence electrons. The molecule has 0 aliphatic carbocycles. The zero-order valence-corrected chi connectivity index (χ0v) is 18.3. The summed E-state index contributed by atoms with van der Waals surface area (Å²) in [5, 5.41) is 2.98. The minimum absolute atomic E-state index is 0.264. The average Bonchev–Trinajstić information content (AvgIpc) is 2.66. The molecular weight excluding hydrogens is 420 g/mol. The van der Waals surface area contributed by atoms with E-state index in [1.54, 1.807) is 18.2 Å². The van der Waals surface area contributed by atoms with Gasteiger partial charge in [-0.3, -0.25) is 9.10 Å². The van der Waals surface area contributed by atoms with Gasteiger partial charge in [0.05, 0.1) is 38.3 Å². The molecule has 0 aliphatic heterocycles. The summed E-state index contributed by atoms with van der Waals surface area (Å²) in [6, 6.07) is 8.28. The SMILES string of the molecule is COc1ccc(NC(=O)[C@@H](C)N(c2ccc(OC)c(OC)c2)S(C)(=O)=O)cc1Cl. The number of rotatable bonds is 8. The quantitative estimate of drug-likeness (QED) is 0.674. The van der Waals surface area contributed by atoms with Gasteiger partial charge in [0.2, 0.25) is 15.9 Å². The maximum Gasteiger partial charge on any atom is 0.247 e. The summed E-state index contributed by atoms with van der Waals surface area (Å²) >= 11 is 6.08. The number of benzene rings is 2. The molecule has 0 fully saturated rings. The minimum atomic E-state index is -3.79. The summed E-state index contributed by atoms with van der Waals surface area (Å²) in [5.74, 6) is 0.704. The lowest BCUT2D eigenvalue weighted by atomic mass is 10.2. The van der Waals surface area contributed by atoms with Crippen LogP contribution in [-0.2, 0) is 14.8 Å². The number of amides is 1. The molecule has 10 heteroatoms. The lowest BCUT2D eigenvalue weighted by Crippen LogP contribution is -2.45. The number of nitrogens with zero attached hydrogens (tertiary/aromatic N) is 1. The maximum absolute atomic E-state index is 12.8. The molecule has 0 spiro atoms. The van der Waals surface area contributed by atoms with Crippen molar-refractivity contribution in [2.24, 2.45) is 0 Å². The van der Waals surface area contributed by atoms with Crippen LogP contribution in [0.1, 0.15) is 6.92 Å². The lowest BCUT2D eigenvalue weighted by molar-refractivity contribution is -0.116. The van der Waals surface area contributed by atoms with Crippen molar-refractivity contribution in [1.82, 2.24) is 0 Å². The van der Waals surface area contributed by atoms with E-state index >= 15 is 0 Å². The second-order valence-corrected chi connectivity index (χ2v) is 8.38. The zero-order chi connectivity index (χ0) is 21.8. The van der Waals surface area contributed by atoms with Crippen LogP contribution in [0.3, 0.4) is 0 Å². The smallest absolute Gasteiger partial charge is 0.247 e. The molecule has 0 aromatic heterocycles. The van der Waals surface area contributed by atoms with E-state index in [1.807, 2.05) is 0 Å². The molecule has 8 nitrogen and oxygen atoms in total. The summed E-state index contributed by atoms with van der Waals surface area (Å²) in [5.41, 5.74) is 0.675. The molecule has 0 saturated carbocycles. The van der Waals surface area contributed by atoms with Crippen LogP contribution in [0, 0.1) is 0 Å². The summed E-state index contributed by atoms with van der Waals surface area (Å²) in [4.78, 5) is 12.8. The normalized spacial score (nSPS) is 12.1. The van der Waals surface area contributed by atoms with Gasteiger partial charge >= 0.3 is 0 Å². The van der Waals surface area contributed by atoms with Crippen molar-refractivity contribution in [3.05, 3.63) is 41.4 Å². The topological polar surface area (TPSA) is 94.2 Å². The van der Waals surface area contributed by atoms with Crippen LogP contribution in [0.25, 0.3) is 0 Å². The second-order valence-electron chi connectivity index (χ2n) is 6.11. The van der Waals surface area contributed by atoms with Crippen LogP contribution in [0.2, 0.25) is 5.02 Å². The number of hydrogen-bond acceptors (Lipinski definition) is 6. The molecule has 0 bridgehead atoms. The Hall–Kier alpha value is -2.65. The Kier molecular flexibility index (Phi) is 7.21. The van der Waals surface area contributed by atoms with E-state index in [-0.39, 0.29) is 5.69 Å². The summed E-state index contributed by atoms with van der Waals surface area (Å²) < 4.78 is 41.4. The molecule has 2 rings (SSSR count). The molecule has 1 atom stereocenters. The predicted molar refractivity (Wildman–Crippen MR) is 113 cm³/mol. The van der Waals surface area contributed by atoms with Crippen molar-refractivity contribution in [3.63, 3.8) is 0 Å². The van der Waals surface area contributed by atoms with Crippen LogP contribution in [0.4, 0.5) is 11.4 Å². The number of sulfonamides is 1. The van der Waals surface area contributed by atoms with E-state index in [4.69, 9.17) is 25.8 Å². The van der Waals surface area contributed by atoms with Gasteiger partial charge in [-0.05, 0) is 37.3 Å². The summed E-state index contributed by atoms with van der Waals surface area (Å²) in [7, 11) is 0.608. The van der Waals surface area contributed by atoms with Crippen molar-refractivity contribution in [2.75, 3.05) is 37.2 Å². The number of hydrogen-bond donors (Lipinski definition) is 1. The fourth-order valence-electron chi connectivity index (χ4n) is 2.76. The number of carbonyl (C=O) groups excluding carboxylic acids is 1. The van der Waals surface area contributed by atoms with Gasteiger partial charge in [-0.1, -0.05) is 11.6 Å². The van der Waals surface area contributed by atoms with Gasteiger partial charge in [-0.15, -0.1) is 0 Å². The van der Waals surface area contributed by atoms with Gasteiger partial charge in [0, 0.05) is 11.8 Å². The van der Waals surface area contributed by atoms with Crippen molar-refractivity contribution in [1.29, 1.82) is 0 Å². The van der Waals surface area contributed by atoms with Crippen LogP contribution < -0.4 is 23.8 Å². The first-order chi connectivity index (χ1) is 13.6. The lowest BCUT2D eigenvalue weighted by Gasteiger charge is -2.28. The molecule has 0 saturated heterocycles. The van der Waals surface area contributed by atoms with Gasteiger partial charge in [-0.25, -0.2) is 8.42 Å². The molecule has 0 heterocycles. The Bertz CT molecular complexity index is 996. The van der Waals surface area contributed by atoms with Crippen LogP contribution in [0.15, 0.2) is 36.4 Å². The molecular formula is C19H23ClN2O6S. The van der Waals surface area contributed by atoms with Crippen molar-refractivity contribution in [3.8, 4) is 17.2 Å². The Labute approximate surface area is 175 Å². The number of carbonyl (C=O) groups is 1. The van der Waals surface area contributed by atoms with E-state index in [2.05, 4.69) is 5.32 Å². The van der Waals surface area contributed by atoms with Gasteiger partial charge in [0.1, 0.15) is 11.8 Å². The third-order valence-electron chi connectivity index (χ3n) is 4.13. The van der Waals surface area contributed by atoms with E-state index in [0.29, 0.717) is 28.0 Å². The third-order valence-corrected chi connectivity index (χ3v) is 5.67. The molecule has 2 aromatic rings. The first kappa shape index (κ1) is 22.6. The van der Waals surface area contributed by atoms with Gasteiger partial charge in [0.15, 0.2) is 11.5 Å². The highest BCUT2D eigenvalue weighted by Crippen LogP contribution is 2.33. The van der Waals surface area contributed by atoms with E-state index in [9.17, 15) is 13.2 Å². The van der Waals surface area contributed by atoms with E-state index < -0.39 is 22.0 Å². The highest BCUT2D eigenvalue weighted by atomic mass is 35.5. The Morgan fingerprint density at radius 2 is 1.59 bits per heavy atom. The Balaban J connectivity index is 2.35. The standard InChI is InChI=1S/C19H23ClN2O6S/c1-12(19(23)21-13-6-8-16(26-2)15(20)10-13)22(29(5,24)25)14-7-9-17(27-3)18(11-14)28-4/h6-12H,1-5H3,(H,21,23)/t12-/m1/s1. The largest absolute Gasteiger partial charge is 0.495 e. The van der Waals surface area contributed by atoms with Gasteiger partial charge in [-0.2, -0.15) is 0 Å². The van der Waals surface area contributed by atoms with Crippen LogP contribution in [0.5, 0.6) is 17.2 Å². The molecule has 1 amide bonds. The van der Waals surface area contributed by atoms with Crippen molar-refractivity contribution >= 4 is 38.9 Å². The minimum Gasteiger partial charge on any atom is -0.495 e. The fraction of sp³-hybridized carbons (Fsp3) is 0.316. The van der Waals surface area contributed by atoms with Gasteiger partial charge < -0.3 is 19.5 Å². The number of methoxy groups -OCH3 is 3. The third kappa shape index (κ3) is 5.24. The first-order valence-electron chi connectivity index (χ1n) is 8.48. The molecule has 1 N–H and O–H groups in total. The Morgan fingerprint density at radius 3 is 2.10 bits per heavy atom. The van der Waals surface area contributed by atoms with Crippen LogP contribution in [-0.4, -0.2) is 48.0 Å². The number of anilines is 2. The second kappa shape index (κ2) is 9.23. The molecule has 0 unspecified atom stereocenters. The highest BCUT2D eigenvalue weighted by molar-refractivity contribution is 7.92. The summed E-state index contributed by atoms with van der Waals surface area (Å²) in [6.45, 7) is 1.48. The average molecular weight is 443 g/mol. The number of halogens is 1. The first-order valence-corrected chi connectivity index (χ1v) is 10.7. The number of ether oxygens (including phenoxy) is 3. The molecule has 0 aliphatic rings. The molecule has 29 heavy (non-hydrogen) atoms. The van der Waals surface area contributed by atoms with E-state index in [1.165, 1.54) is 46.5 Å². The zero-order valence-electron chi connectivity index (χ0n) is 16.7. The summed E-state index contributed by atoms with van der Waals surface area (Å²) in [6.07, 6.45) is 1.03. The fourth-order valence-corrected chi connectivity index (χ4v) is 4.19. The monoisotopic (exact) mass is 442 g/mol. The molecule has 0 radical (unpaired) electrons. The van der Waals surface area contributed by atoms with Crippen LogP contribution >= 0.6 is 11.6 Å². The van der Waals surface area contributed by atoms with Gasteiger partial charge in [0.25, 0.3) is 0 Å². The van der Waals surface area contributed by atoms with Crippen molar-refractivity contribution < 1.29 is 27.4 Å². The maximum atomic E-state index is 12.8. The van der Waals surface area contributed by atoms with Crippen molar-refractivity contribution in [2.45, 2.75) is 13.0 Å². The van der Waals surface area contributed by atoms with E-state index in [0.717, 1.165) is 10.6 Å². The highest BCUT2D eigenvalue weighted by Gasteiger charge is 2.30. The number of nitrogens with one attached hydrogen (secondary N) is 1.